The van der Waals surface area contributed by atoms with Crippen molar-refractivity contribution in [3.8, 4) is 5.75 Å². The molecule has 0 bridgehead atoms. The maximum absolute atomic E-state index is 13.9. The van der Waals surface area contributed by atoms with Crippen molar-refractivity contribution in [1.82, 2.24) is 15.5 Å². The number of para-hydroxylation sites is 1. The van der Waals surface area contributed by atoms with E-state index >= 15 is 0 Å². The van der Waals surface area contributed by atoms with Crippen LogP contribution in [0.5, 0.6) is 5.75 Å². The van der Waals surface area contributed by atoms with E-state index in [0.29, 0.717) is 12.0 Å². The largest absolute Gasteiger partial charge is 0.507 e. The molecular formula is C27H44N4O6. The van der Waals surface area contributed by atoms with Gasteiger partial charge in [0, 0.05) is 18.2 Å². The van der Waals surface area contributed by atoms with E-state index in [1.54, 1.807) is 59.7 Å². The van der Waals surface area contributed by atoms with Gasteiger partial charge in [0.1, 0.15) is 23.4 Å². The molecule has 2 atom stereocenters. The minimum Gasteiger partial charge on any atom is -0.507 e. The van der Waals surface area contributed by atoms with Crippen LogP contribution in [0.3, 0.4) is 0 Å². The van der Waals surface area contributed by atoms with E-state index in [1.807, 2.05) is 0 Å². The van der Waals surface area contributed by atoms with Gasteiger partial charge in [-0.15, -0.1) is 0 Å². The lowest BCUT2D eigenvalue weighted by molar-refractivity contribution is -0.143. The predicted octanol–water partition coefficient (Wildman–Crippen LogP) is 3.44. The average molecular weight is 521 g/mol. The Labute approximate surface area is 220 Å². The van der Waals surface area contributed by atoms with Gasteiger partial charge < -0.3 is 31.1 Å². The van der Waals surface area contributed by atoms with Gasteiger partial charge >= 0.3 is 6.09 Å². The monoisotopic (exact) mass is 520 g/mol. The topological polar surface area (TPSA) is 151 Å². The van der Waals surface area contributed by atoms with Gasteiger partial charge in [0.2, 0.25) is 17.7 Å². The number of amides is 4. The summed E-state index contributed by atoms with van der Waals surface area (Å²) in [6.07, 6.45) is 1.91. The zero-order chi connectivity index (χ0) is 28.3. The number of primary amides is 1. The lowest BCUT2D eigenvalue weighted by atomic mass is 9.98. The normalized spacial score (nSPS) is 13.0. The smallest absolute Gasteiger partial charge is 0.408 e. The number of carbonyl (C=O) groups is 4. The molecule has 1 rings (SSSR count). The molecule has 208 valence electrons. The third-order valence-corrected chi connectivity index (χ3v) is 5.48. The van der Waals surface area contributed by atoms with Crippen molar-refractivity contribution < 1.29 is 29.0 Å². The standard InChI is InChI=1S/C27H44N4O6/c1-8-9-10-11-15-31(25(35)20(16-21(28)32)30-26(36)37-27(5,6)7)22(24(34)29-17(2)3)19-14-12-13-18(4)23(19)33/h12-14,17,20,22,33H,8-11,15-16H2,1-7H3,(H2,28,32)(H,29,34)(H,30,36). The molecule has 0 aliphatic heterocycles. The second-order valence-electron chi connectivity index (χ2n) is 10.5. The number of phenolic OH excluding ortho intramolecular Hbond substituents is 1. The van der Waals surface area contributed by atoms with Gasteiger partial charge in [0.05, 0.1) is 6.42 Å². The molecule has 0 spiro atoms. The number of nitrogens with two attached hydrogens (primary N) is 1. The minimum absolute atomic E-state index is 0.107. The molecule has 1 aromatic carbocycles. The molecular weight excluding hydrogens is 476 g/mol. The maximum Gasteiger partial charge on any atom is 0.408 e. The van der Waals surface area contributed by atoms with Crippen LogP contribution in [0.25, 0.3) is 0 Å². The third-order valence-electron chi connectivity index (χ3n) is 5.48. The van der Waals surface area contributed by atoms with E-state index < -0.39 is 47.9 Å². The van der Waals surface area contributed by atoms with Crippen LogP contribution in [0.15, 0.2) is 18.2 Å². The van der Waals surface area contributed by atoms with Gasteiger partial charge in [-0.05, 0) is 53.5 Å². The van der Waals surface area contributed by atoms with Crippen LogP contribution in [-0.2, 0) is 19.1 Å². The van der Waals surface area contributed by atoms with Crippen molar-refractivity contribution in [3.05, 3.63) is 29.3 Å². The fraction of sp³-hybridized carbons (Fsp3) is 0.630. The lowest BCUT2D eigenvalue weighted by Crippen LogP contribution is -2.54. The number of nitrogens with zero attached hydrogens (tertiary/aromatic N) is 1. The highest BCUT2D eigenvalue weighted by molar-refractivity contribution is 5.94. The molecule has 37 heavy (non-hydrogen) atoms. The van der Waals surface area contributed by atoms with Crippen molar-refractivity contribution in [2.24, 2.45) is 5.73 Å². The van der Waals surface area contributed by atoms with Gasteiger partial charge in [-0.25, -0.2) is 4.79 Å². The number of carbonyl (C=O) groups excluding carboxylic acids is 4. The summed E-state index contributed by atoms with van der Waals surface area (Å²) in [5, 5.41) is 16.1. The number of benzene rings is 1. The molecule has 0 saturated carbocycles. The lowest BCUT2D eigenvalue weighted by Gasteiger charge is -2.35. The minimum atomic E-state index is -1.36. The van der Waals surface area contributed by atoms with E-state index in [-0.39, 0.29) is 23.9 Å². The average Bonchev–Trinajstić information content (AvgIpc) is 2.75. The zero-order valence-corrected chi connectivity index (χ0v) is 23.2. The fourth-order valence-electron chi connectivity index (χ4n) is 3.84. The fourth-order valence-corrected chi connectivity index (χ4v) is 3.84. The number of unbranched alkanes of at least 4 members (excludes halogenated alkanes) is 3. The van der Waals surface area contributed by atoms with Crippen molar-refractivity contribution in [2.45, 2.75) is 104 Å². The summed E-state index contributed by atoms with van der Waals surface area (Å²) < 4.78 is 5.28. The molecule has 2 unspecified atom stereocenters. The summed E-state index contributed by atoms with van der Waals surface area (Å²) in [4.78, 5) is 53.1. The number of hydrogen-bond acceptors (Lipinski definition) is 6. The maximum atomic E-state index is 13.9. The van der Waals surface area contributed by atoms with Crippen LogP contribution in [0, 0.1) is 6.92 Å². The van der Waals surface area contributed by atoms with Crippen LogP contribution in [-0.4, -0.2) is 58.1 Å². The van der Waals surface area contributed by atoms with Crippen molar-refractivity contribution in [2.75, 3.05) is 6.54 Å². The van der Waals surface area contributed by atoms with Gasteiger partial charge in [0.15, 0.2) is 0 Å². The Morgan fingerprint density at radius 2 is 1.73 bits per heavy atom. The quantitative estimate of drug-likeness (QED) is 0.293. The Morgan fingerprint density at radius 1 is 1.08 bits per heavy atom. The zero-order valence-electron chi connectivity index (χ0n) is 23.2. The van der Waals surface area contributed by atoms with Crippen molar-refractivity contribution >= 4 is 23.8 Å². The summed E-state index contributed by atoms with van der Waals surface area (Å²) in [5.41, 5.74) is 5.36. The van der Waals surface area contributed by atoms with E-state index in [2.05, 4.69) is 17.6 Å². The molecule has 0 radical (unpaired) electrons. The highest BCUT2D eigenvalue weighted by atomic mass is 16.6. The second kappa shape index (κ2) is 14.4. The van der Waals surface area contributed by atoms with E-state index in [0.717, 1.165) is 19.3 Å². The Balaban J connectivity index is 3.57. The Hall–Kier alpha value is -3.30. The first-order valence-electron chi connectivity index (χ1n) is 12.8. The van der Waals surface area contributed by atoms with Gasteiger partial charge in [0.25, 0.3) is 0 Å². The molecule has 0 aromatic heterocycles. The van der Waals surface area contributed by atoms with E-state index in [1.165, 1.54) is 4.90 Å². The Morgan fingerprint density at radius 3 is 2.27 bits per heavy atom. The highest BCUT2D eigenvalue weighted by Crippen LogP contribution is 2.33. The SMILES string of the molecule is CCCCCCN(C(=O)C(CC(N)=O)NC(=O)OC(C)(C)C)C(C(=O)NC(C)C)c1cccc(C)c1O. The van der Waals surface area contributed by atoms with Crippen molar-refractivity contribution in [1.29, 1.82) is 0 Å². The summed E-state index contributed by atoms with van der Waals surface area (Å²) in [6.45, 7) is 12.5. The third kappa shape index (κ3) is 10.7. The first-order chi connectivity index (χ1) is 17.2. The molecule has 0 fully saturated rings. The van der Waals surface area contributed by atoms with Gasteiger partial charge in [-0.2, -0.15) is 0 Å². The molecule has 0 aliphatic rings. The number of alkyl carbamates (subject to hydrolysis) is 1. The molecule has 0 heterocycles. The van der Waals surface area contributed by atoms with Crippen LogP contribution in [0.1, 0.15) is 90.8 Å². The first-order valence-corrected chi connectivity index (χ1v) is 12.8. The predicted molar refractivity (Wildman–Crippen MR) is 142 cm³/mol. The first kappa shape index (κ1) is 31.7. The molecule has 4 amide bonds. The Kier molecular flexibility index (Phi) is 12.4. The number of phenols is 1. The van der Waals surface area contributed by atoms with Crippen LogP contribution in [0.2, 0.25) is 0 Å². The number of nitrogens with one attached hydrogen (secondary N) is 2. The number of rotatable bonds is 13. The van der Waals surface area contributed by atoms with Crippen LogP contribution in [0.4, 0.5) is 4.79 Å². The molecule has 0 aliphatic carbocycles. The van der Waals surface area contributed by atoms with Gasteiger partial charge in [-0.3, -0.25) is 14.4 Å². The van der Waals surface area contributed by atoms with Crippen LogP contribution >= 0.6 is 0 Å². The summed E-state index contributed by atoms with van der Waals surface area (Å²) in [7, 11) is 0. The molecule has 1 aromatic rings. The highest BCUT2D eigenvalue weighted by Gasteiger charge is 2.38. The molecule has 0 saturated heterocycles. The molecule has 10 heteroatoms. The summed E-state index contributed by atoms with van der Waals surface area (Å²) in [5.74, 6) is -2.08. The number of hydrogen-bond donors (Lipinski definition) is 4. The Bertz CT molecular complexity index is 941. The van der Waals surface area contributed by atoms with E-state index in [4.69, 9.17) is 10.5 Å². The molecule has 10 nitrogen and oxygen atoms in total. The number of ether oxygens (including phenoxy) is 1. The van der Waals surface area contributed by atoms with E-state index in [9.17, 15) is 24.3 Å². The van der Waals surface area contributed by atoms with Crippen LogP contribution < -0.4 is 16.4 Å². The molecule has 5 N–H and O–H groups in total. The second-order valence-corrected chi connectivity index (χ2v) is 10.5. The van der Waals surface area contributed by atoms with Crippen molar-refractivity contribution in [3.63, 3.8) is 0 Å². The number of aryl methyl sites for hydroxylation is 1. The van der Waals surface area contributed by atoms with Gasteiger partial charge in [-0.1, -0.05) is 44.4 Å². The summed E-state index contributed by atoms with van der Waals surface area (Å²) >= 11 is 0. The summed E-state index contributed by atoms with van der Waals surface area (Å²) in [6, 6.07) is 2.18. The number of aromatic hydroxyl groups is 1.